The van der Waals surface area contributed by atoms with E-state index in [-0.39, 0.29) is 6.61 Å². The summed E-state index contributed by atoms with van der Waals surface area (Å²) in [6.45, 7) is -0.494. The zero-order chi connectivity index (χ0) is 17.5. The third kappa shape index (κ3) is 2.83. The van der Waals surface area contributed by atoms with Gasteiger partial charge in [0.2, 0.25) is 0 Å². The molecule has 2 fully saturated rings. The van der Waals surface area contributed by atoms with Crippen molar-refractivity contribution in [2.45, 2.75) is 24.0 Å². The van der Waals surface area contributed by atoms with Crippen molar-refractivity contribution in [2.24, 2.45) is 5.11 Å². The molecule has 3 rings (SSSR count). The average Bonchev–Trinajstić information content (AvgIpc) is 2.98. The minimum absolute atomic E-state index is 0.0640. The van der Waals surface area contributed by atoms with E-state index in [1.807, 2.05) is 0 Å². The summed E-state index contributed by atoms with van der Waals surface area (Å²) >= 11 is 0. The van der Waals surface area contributed by atoms with E-state index in [1.54, 1.807) is 0 Å². The van der Waals surface area contributed by atoms with Crippen molar-refractivity contribution in [2.75, 3.05) is 19.5 Å². The van der Waals surface area contributed by atoms with Crippen LogP contribution in [0.15, 0.2) is 27.0 Å². The van der Waals surface area contributed by atoms with E-state index in [0.717, 1.165) is 16.9 Å². The first-order chi connectivity index (χ1) is 11.3. The lowest BCUT2D eigenvalue weighted by Gasteiger charge is -2.30. The molecule has 24 heavy (non-hydrogen) atoms. The highest BCUT2D eigenvalue weighted by molar-refractivity contribution is 7.85. The summed E-state index contributed by atoms with van der Waals surface area (Å²) in [7, 11) is -3.76. The van der Waals surface area contributed by atoms with Gasteiger partial charge in [-0.25, -0.2) is 4.79 Å². The summed E-state index contributed by atoms with van der Waals surface area (Å²) in [6.07, 6.45) is 0.265. The van der Waals surface area contributed by atoms with E-state index >= 15 is 0 Å². The molecule has 2 aliphatic heterocycles. The number of fused-ring (bicyclic) bond motifs is 2. The van der Waals surface area contributed by atoms with Crippen LogP contribution < -0.4 is 11.2 Å². The van der Waals surface area contributed by atoms with Gasteiger partial charge in [0.1, 0.15) is 17.7 Å². The maximum absolute atomic E-state index is 11.9. The topological polar surface area (TPSA) is 165 Å². The predicted octanol–water partition coefficient (Wildman–Crippen LogP) is -1.14. The lowest BCUT2D eigenvalue weighted by atomic mass is 9.98. The Balaban J connectivity index is 1.97. The minimum Gasteiger partial charge on any atom is -0.370 e. The average molecular weight is 359 g/mol. The highest BCUT2D eigenvalue weighted by atomic mass is 32.2. The Bertz CT molecular complexity index is 917. The van der Waals surface area contributed by atoms with Crippen molar-refractivity contribution in [3.05, 3.63) is 43.5 Å². The third-order valence-corrected chi connectivity index (χ3v) is 4.37. The summed E-state index contributed by atoms with van der Waals surface area (Å²) in [5.74, 6) is 0. The molecule has 1 N–H and O–H groups in total. The maximum atomic E-state index is 11.9. The highest BCUT2D eigenvalue weighted by Crippen LogP contribution is 2.46. The van der Waals surface area contributed by atoms with Crippen molar-refractivity contribution in [3.8, 4) is 0 Å². The molecule has 130 valence electrons. The number of azide groups is 1. The van der Waals surface area contributed by atoms with Crippen LogP contribution in [-0.4, -0.2) is 55.2 Å². The summed E-state index contributed by atoms with van der Waals surface area (Å²) < 4.78 is 39.7. The van der Waals surface area contributed by atoms with Crippen LogP contribution in [0.3, 0.4) is 0 Å². The first-order valence-corrected chi connectivity index (χ1v) is 8.57. The number of H-pyrrole nitrogens is 1. The number of nitrogens with zero attached hydrogens (tertiary/aromatic N) is 4. The second-order valence-electron chi connectivity index (χ2n) is 5.48. The molecule has 1 aromatic heterocycles. The second-order valence-corrected chi connectivity index (χ2v) is 7.13. The molecule has 2 saturated heterocycles. The number of hydrogen-bond donors (Lipinski definition) is 1. The van der Waals surface area contributed by atoms with Crippen molar-refractivity contribution in [3.63, 3.8) is 0 Å². The van der Waals surface area contributed by atoms with Gasteiger partial charge in [0, 0.05) is 17.2 Å². The van der Waals surface area contributed by atoms with Crippen LogP contribution in [0.2, 0.25) is 0 Å². The monoisotopic (exact) mass is 359 g/mol. The van der Waals surface area contributed by atoms with Crippen LogP contribution in [-0.2, 0) is 23.8 Å². The van der Waals surface area contributed by atoms with E-state index in [2.05, 4.69) is 15.0 Å². The van der Waals surface area contributed by atoms with E-state index in [4.69, 9.17) is 19.2 Å². The van der Waals surface area contributed by atoms with Crippen molar-refractivity contribution < 1.29 is 22.1 Å². The molecule has 0 unspecified atom stereocenters. The zero-order valence-electron chi connectivity index (χ0n) is 12.4. The maximum Gasteiger partial charge on any atom is 0.330 e. The number of rotatable bonds is 5. The predicted molar refractivity (Wildman–Crippen MR) is 77.6 cm³/mol. The van der Waals surface area contributed by atoms with Gasteiger partial charge >= 0.3 is 5.69 Å². The first-order valence-electron chi connectivity index (χ1n) is 6.75. The van der Waals surface area contributed by atoms with Crippen LogP contribution in [0, 0.1) is 0 Å². The number of ether oxygens (including phenoxy) is 2. The molecular weight excluding hydrogens is 346 g/mol. The number of nitrogens with one attached hydrogen (secondary N) is 1. The van der Waals surface area contributed by atoms with Gasteiger partial charge in [-0.15, -0.1) is 0 Å². The van der Waals surface area contributed by atoms with Gasteiger partial charge in [0.05, 0.1) is 19.5 Å². The van der Waals surface area contributed by atoms with Gasteiger partial charge in [-0.05, 0) is 5.53 Å². The van der Waals surface area contributed by atoms with E-state index in [1.165, 1.54) is 6.20 Å². The highest BCUT2D eigenvalue weighted by Gasteiger charge is 2.62. The summed E-state index contributed by atoms with van der Waals surface area (Å²) in [5, 5.41) is 3.61. The van der Waals surface area contributed by atoms with Gasteiger partial charge in [0.15, 0.2) is 6.23 Å². The standard InChI is InChI=1S/C11H13N5O7S/c1-24(19,20)22-5-11-4-21-7(8(11)14-15-12)9(23-11)16-3-2-6(17)13-10(16)18/h2-3,7-9H,4-5H2,1H3,(H,13,17,18)/t7-,8+,9-,11-/m1/s1. The van der Waals surface area contributed by atoms with Crippen molar-refractivity contribution in [1.82, 2.24) is 9.55 Å². The summed E-state index contributed by atoms with van der Waals surface area (Å²) in [6, 6.07) is 0.229. The number of aromatic nitrogens is 2. The van der Waals surface area contributed by atoms with Crippen LogP contribution in [0.1, 0.15) is 6.23 Å². The fraction of sp³-hybridized carbons (Fsp3) is 0.636. The van der Waals surface area contributed by atoms with Gasteiger partial charge in [0.25, 0.3) is 15.7 Å². The quantitative estimate of drug-likeness (QED) is 0.300. The molecule has 0 saturated carbocycles. The molecule has 1 aromatic rings. The summed E-state index contributed by atoms with van der Waals surface area (Å²) in [5.41, 5.74) is 6.09. The Morgan fingerprint density at radius 2 is 2.33 bits per heavy atom. The van der Waals surface area contributed by atoms with Crippen LogP contribution in [0.5, 0.6) is 0 Å². The van der Waals surface area contributed by atoms with E-state index < -0.39 is 51.9 Å². The third-order valence-electron chi connectivity index (χ3n) is 3.83. The molecular formula is C11H13N5O7S. The molecule has 0 amide bonds. The first kappa shape index (κ1) is 16.7. The number of hydrogen-bond acceptors (Lipinski definition) is 8. The van der Waals surface area contributed by atoms with Crippen molar-refractivity contribution >= 4 is 10.1 Å². The fourth-order valence-electron chi connectivity index (χ4n) is 2.80. The largest absolute Gasteiger partial charge is 0.370 e. The molecule has 0 aromatic carbocycles. The molecule has 2 aliphatic rings. The normalized spacial score (nSPS) is 31.8. The van der Waals surface area contributed by atoms with Gasteiger partial charge in [-0.3, -0.25) is 18.5 Å². The van der Waals surface area contributed by atoms with Gasteiger partial charge in [-0.1, -0.05) is 5.11 Å². The lowest BCUT2D eigenvalue weighted by Crippen LogP contribution is -2.45. The summed E-state index contributed by atoms with van der Waals surface area (Å²) in [4.78, 5) is 27.9. The Hall–Kier alpha value is -2.18. The molecule has 4 atom stereocenters. The smallest absolute Gasteiger partial charge is 0.330 e. The Kier molecular flexibility index (Phi) is 3.97. The second kappa shape index (κ2) is 5.72. The molecule has 13 heteroatoms. The van der Waals surface area contributed by atoms with Crippen molar-refractivity contribution in [1.29, 1.82) is 0 Å². The molecule has 0 aliphatic carbocycles. The Morgan fingerprint density at radius 1 is 1.58 bits per heavy atom. The minimum atomic E-state index is -3.76. The Labute approximate surface area is 134 Å². The lowest BCUT2D eigenvalue weighted by molar-refractivity contribution is -0.182. The van der Waals surface area contributed by atoms with Gasteiger partial charge < -0.3 is 9.47 Å². The van der Waals surface area contributed by atoms with E-state index in [9.17, 15) is 18.0 Å². The van der Waals surface area contributed by atoms with Crippen LogP contribution in [0.25, 0.3) is 10.4 Å². The van der Waals surface area contributed by atoms with E-state index in [0.29, 0.717) is 0 Å². The SMILES string of the molecule is CS(=O)(=O)OC[C@@]12CO[C@@H]([C@H](n3ccc(=O)[nH]c3=O)O1)[C@@H]2N=[N+]=[N-]. The molecule has 0 spiro atoms. The zero-order valence-corrected chi connectivity index (χ0v) is 13.2. The van der Waals surface area contributed by atoms with Gasteiger partial charge in [-0.2, -0.15) is 8.42 Å². The molecule has 0 radical (unpaired) electrons. The Morgan fingerprint density at radius 3 is 2.96 bits per heavy atom. The molecule has 2 bridgehead atoms. The molecule has 3 heterocycles. The number of aromatic amines is 1. The van der Waals surface area contributed by atoms with Crippen LogP contribution in [0.4, 0.5) is 0 Å². The molecule has 12 nitrogen and oxygen atoms in total. The van der Waals surface area contributed by atoms with Crippen LogP contribution >= 0.6 is 0 Å². The fourth-order valence-corrected chi connectivity index (χ4v) is 3.21.